The molecule has 2 aromatic rings. The summed E-state index contributed by atoms with van der Waals surface area (Å²) >= 11 is 5.86. The molecule has 2 heterocycles. The van der Waals surface area contributed by atoms with Crippen molar-refractivity contribution in [3.63, 3.8) is 0 Å². The maximum atomic E-state index is 12.6. The number of imide groups is 1. The minimum absolute atomic E-state index is 0.130. The minimum Gasteiger partial charge on any atom is -0.454 e. The molecule has 4 amide bonds. The van der Waals surface area contributed by atoms with E-state index in [0.717, 1.165) is 16.0 Å². The molecule has 2 aliphatic heterocycles. The lowest BCUT2D eigenvalue weighted by molar-refractivity contribution is -0.128. The molecule has 1 fully saturated rings. The molecule has 162 valence electrons. The van der Waals surface area contributed by atoms with Crippen LogP contribution >= 0.6 is 11.6 Å². The first-order chi connectivity index (χ1) is 15.0. The molecule has 0 aromatic heterocycles. The number of carbonyl (C=O) groups excluding carboxylic acids is 3. The number of amides is 4. The van der Waals surface area contributed by atoms with Crippen molar-refractivity contribution in [3.8, 4) is 11.5 Å². The van der Waals surface area contributed by atoms with Gasteiger partial charge >= 0.3 is 6.03 Å². The van der Waals surface area contributed by atoms with E-state index in [1.807, 2.05) is 24.3 Å². The lowest BCUT2D eigenvalue weighted by atomic mass is 10.1. The van der Waals surface area contributed by atoms with Gasteiger partial charge in [-0.15, -0.1) is 0 Å². The summed E-state index contributed by atoms with van der Waals surface area (Å²) in [7, 11) is 0. The Bertz CT molecular complexity index is 995. The smallest absolute Gasteiger partial charge is 0.325 e. The van der Waals surface area contributed by atoms with Crippen LogP contribution < -0.4 is 20.1 Å². The second-order valence-corrected chi connectivity index (χ2v) is 7.82. The number of ether oxygens (including phenoxy) is 2. The second-order valence-electron chi connectivity index (χ2n) is 7.38. The van der Waals surface area contributed by atoms with Gasteiger partial charge < -0.3 is 20.1 Å². The number of hydrogen-bond donors (Lipinski definition) is 2. The van der Waals surface area contributed by atoms with E-state index < -0.39 is 12.1 Å². The molecule has 2 aliphatic rings. The normalized spacial score (nSPS) is 17.1. The van der Waals surface area contributed by atoms with E-state index in [1.165, 1.54) is 0 Å². The van der Waals surface area contributed by atoms with Crippen LogP contribution in [0.2, 0.25) is 5.02 Å². The van der Waals surface area contributed by atoms with E-state index in [1.54, 1.807) is 18.2 Å². The van der Waals surface area contributed by atoms with Crippen molar-refractivity contribution >= 4 is 29.4 Å². The third-order valence-electron chi connectivity index (χ3n) is 5.19. The number of halogens is 1. The maximum absolute atomic E-state index is 12.6. The van der Waals surface area contributed by atoms with E-state index in [2.05, 4.69) is 10.6 Å². The lowest BCUT2D eigenvalue weighted by Crippen LogP contribution is -2.33. The van der Waals surface area contributed by atoms with Gasteiger partial charge in [0.1, 0.15) is 6.04 Å². The van der Waals surface area contributed by atoms with Crippen LogP contribution in [0.3, 0.4) is 0 Å². The van der Waals surface area contributed by atoms with Crippen LogP contribution in [0.15, 0.2) is 42.5 Å². The zero-order chi connectivity index (χ0) is 21.8. The fourth-order valence-corrected chi connectivity index (χ4v) is 3.63. The van der Waals surface area contributed by atoms with Gasteiger partial charge in [0.05, 0.1) is 6.54 Å². The van der Waals surface area contributed by atoms with Crippen LogP contribution in [0.25, 0.3) is 0 Å². The van der Waals surface area contributed by atoms with Crippen LogP contribution in [0.5, 0.6) is 11.5 Å². The van der Waals surface area contributed by atoms with Crippen LogP contribution in [0.4, 0.5) is 4.79 Å². The number of rotatable bonds is 8. The average molecular weight is 444 g/mol. The molecule has 0 saturated carbocycles. The highest BCUT2D eigenvalue weighted by molar-refractivity contribution is 6.30. The van der Waals surface area contributed by atoms with Crippen LogP contribution in [-0.2, 0) is 22.6 Å². The zero-order valence-electron chi connectivity index (χ0n) is 16.7. The Hall–Kier alpha value is -3.26. The third-order valence-corrected chi connectivity index (χ3v) is 5.45. The van der Waals surface area contributed by atoms with Crippen molar-refractivity contribution in [1.29, 1.82) is 0 Å². The summed E-state index contributed by atoms with van der Waals surface area (Å²) in [5, 5.41) is 6.16. The largest absolute Gasteiger partial charge is 0.454 e. The highest BCUT2D eigenvalue weighted by Crippen LogP contribution is 2.33. The first kappa shape index (κ1) is 21.0. The first-order valence-corrected chi connectivity index (χ1v) is 10.4. The Kier molecular flexibility index (Phi) is 6.27. The Balaban J connectivity index is 1.23. The average Bonchev–Trinajstić information content (AvgIpc) is 3.33. The summed E-state index contributed by atoms with van der Waals surface area (Å²) in [5.41, 5.74) is 1.83. The van der Waals surface area contributed by atoms with Gasteiger partial charge in [-0.2, -0.15) is 0 Å². The summed E-state index contributed by atoms with van der Waals surface area (Å²) in [6, 6.07) is 11.6. The van der Waals surface area contributed by atoms with Crippen molar-refractivity contribution in [2.75, 3.05) is 13.3 Å². The maximum Gasteiger partial charge on any atom is 0.325 e. The molecule has 0 bridgehead atoms. The summed E-state index contributed by atoms with van der Waals surface area (Å²) in [6.07, 6.45) is 1.08. The summed E-state index contributed by atoms with van der Waals surface area (Å²) in [4.78, 5) is 38.2. The van der Waals surface area contributed by atoms with Gasteiger partial charge in [-0.1, -0.05) is 29.8 Å². The van der Waals surface area contributed by atoms with Crippen molar-refractivity contribution < 1.29 is 23.9 Å². The molecule has 1 unspecified atom stereocenters. The summed E-state index contributed by atoms with van der Waals surface area (Å²) in [6.45, 7) is 0.776. The first-order valence-electron chi connectivity index (χ1n) is 10.0. The van der Waals surface area contributed by atoms with Crippen molar-refractivity contribution in [3.05, 3.63) is 58.6 Å². The van der Waals surface area contributed by atoms with E-state index >= 15 is 0 Å². The van der Waals surface area contributed by atoms with Crippen LogP contribution in [-0.4, -0.2) is 42.1 Å². The van der Waals surface area contributed by atoms with Crippen molar-refractivity contribution in [2.45, 2.75) is 31.8 Å². The molecule has 31 heavy (non-hydrogen) atoms. The van der Waals surface area contributed by atoms with E-state index in [-0.39, 0.29) is 38.0 Å². The van der Waals surface area contributed by atoms with Crippen LogP contribution in [0, 0.1) is 0 Å². The van der Waals surface area contributed by atoms with Gasteiger partial charge in [-0.25, -0.2) is 4.79 Å². The van der Waals surface area contributed by atoms with Crippen molar-refractivity contribution in [2.24, 2.45) is 0 Å². The number of benzene rings is 2. The molecule has 8 nitrogen and oxygen atoms in total. The molecule has 9 heteroatoms. The molecular formula is C22H22ClN3O5. The number of fused-ring (bicyclic) bond motifs is 1. The van der Waals surface area contributed by atoms with Gasteiger partial charge in [0.2, 0.25) is 12.7 Å². The molecule has 0 spiro atoms. The predicted octanol–water partition coefficient (Wildman–Crippen LogP) is 2.63. The molecule has 2 aromatic carbocycles. The molecular weight excluding hydrogens is 422 g/mol. The number of urea groups is 1. The van der Waals surface area contributed by atoms with Gasteiger partial charge in [0, 0.05) is 18.0 Å². The Morgan fingerprint density at radius 2 is 1.84 bits per heavy atom. The number of nitrogens with one attached hydrogen (secondary N) is 2. The Labute approximate surface area is 184 Å². The highest BCUT2D eigenvalue weighted by atomic mass is 35.5. The van der Waals surface area contributed by atoms with E-state index in [9.17, 15) is 14.4 Å². The summed E-state index contributed by atoms with van der Waals surface area (Å²) in [5.74, 6) is 0.735. The number of nitrogens with zero attached hydrogens (tertiary/aromatic N) is 1. The topological polar surface area (TPSA) is 97.0 Å². The number of hydrogen-bond acceptors (Lipinski definition) is 5. The standard InChI is InChI=1S/C22H22ClN3O5/c23-16-4-1-14(2-5-16)9-10-24-20(27)8-6-17-21(28)26(22(29)25-17)12-15-3-7-18-19(11-15)31-13-30-18/h1-5,7,11,17H,6,8-10,12-13H2,(H,24,27)(H,25,29). The SMILES string of the molecule is O=C(CCC1NC(=O)N(Cc2ccc3c(c2)OCO3)C1=O)NCCc1ccc(Cl)cc1. The predicted molar refractivity (Wildman–Crippen MR) is 113 cm³/mol. The highest BCUT2D eigenvalue weighted by Gasteiger charge is 2.38. The quantitative estimate of drug-likeness (QED) is 0.611. The fraction of sp³-hybridized carbons (Fsp3) is 0.318. The van der Waals surface area contributed by atoms with Gasteiger partial charge in [-0.05, 0) is 48.2 Å². The third kappa shape index (κ3) is 5.08. The molecule has 0 radical (unpaired) electrons. The van der Waals surface area contributed by atoms with Crippen molar-refractivity contribution in [1.82, 2.24) is 15.5 Å². The molecule has 2 N–H and O–H groups in total. The van der Waals surface area contributed by atoms with Gasteiger partial charge in [0.15, 0.2) is 11.5 Å². The second kappa shape index (κ2) is 9.26. The van der Waals surface area contributed by atoms with E-state index in [4.69, 9.17) is 21.1 Å². The van der Waals surface area contributed by atoms with Gasteiger partial charge in [0.25, 0.3) is 5.91 Å². The summed E-state index contributed by atoms with van der Waals surface area (Å²) < 4.78 is 10.6. The Morgan fingerprint density at radius 3 is 2.65 bits per heavy atom. The molecule has 4 rings (SSSR count). The Morgan fingerprint density at radius 1 is 1.10 bits per heavy atom. The monoisotopic (exact) mass is 443 g/mol. The van der Waals surface area contributed by atoms with Gasteiger partial charge in [-0.3, -0.25) is 14.5 Å². The minimum atomic E-state index is -0.705. The lowest BCUT2D eigenvalue weighted by Gasteiger charge is -2.13. The molecule has 1 saturated heterocycles. The zero-order valence-corrected chi connectivity index (χ0v) is 17.5. The fourth-order valence-electron chi connectivity index (χ4n) is 3.51. The number of carbonyl (C=O) groups is 3. The van der Waals surface area contributed by atoms with Crippen LogP contribution in [0.1, 0.15) is 24.0 Å². The molecule has 0 aliphatic carbocycles. The van der Waals surface area contributed by atoms with E-state index in [0.29, 0.717) is 29.5 Å². The molecule has 1 atom stereocenters.